The van der Waals surface area contributed by atoms with E-state index in [9.17, 15) is 14.4 Å². The van der Waals surface area contributed by atoms with Crippen LogP contribution in [-0.2, 0) is 32.0 Å². The number of furan rings is 1. The van der Waals surface area contributed by atoms with Crippen molar-refractivity contribution in [2.24, 2.45) is 14.1 Å². The summed E-state index contributed by atoms with van der Waals surface area (Å²) in [5, 5.41) is 3.49. The molecule has 32 heavy (non-hydrogen) atoms. The molecule has 1 aromatic carbocycles. The van der Waals surface area contributed by atoms with Crippen molar-refractivity contribution in [2.45, 2.75) is 25.9 Å². The summed E-state index contributed by atoms with van der Waals surface area (Å²) in [5.41, 5.74) is 0.754. The Bertz CT molecular complexity index is 1390. The highest BCUT2D eigenvalue weighted by molar-refractivity contribution is 6.30. The Morgan fingerprint density at radius 2 is 1.84 bits per heavy atom. The molecule has 10 heteroatoms. The van der Waals surface area contributed by atoms with Crippen LogP contribution in [-0.4, -0.2) is 24.6 Å². The van der Waals surface area contributed by atoms with Gasteiger partial charge in [-0.05, 0) is 42.8 Å². The van der Waals surface area contributed by atoms with E-state index in [1.54, 1.807) is 23.7 Å². The Morgan fingerprint density at radius 1 is 1.09 bits per heavy atom. The van der Waals surface area contributed by atoms with E-state index in [1.807, 2.05) is 24.3 Å². The number of benzene rings is 1. The first-order chi connectivity index (χ1) is 15.3. The number of hydrogen-bond acceptors (Lipinski definition) is 5. The lowest BCUT2D eigenvalue weighted by Gasteiger charge is -2.07. The molecule has 0 unspecified atom stereocenters. The highest BCUT2D eigenvalue weighted by Gasteiger charge is 2.14. The van der Waals surface area contributed by atoms with Crippen LogP contribution in [0.3, 0.4) is 0 Å². The Hall–Kier alpha value is -3.59. The molecule has 1 N–H and O–H groups in total. The van der Waals surface area contributed by atoms with Crippen LogP contribution in [0, 0.1) is 0 Å². The van der Waals surface area contributed by atoms with Crippen molar-refractivity contribution >= 4 is 28.7 Å². The second-order valence-electron chi connectivity index (χ2n) is 7.47. The molecule has 0 saturated carbocycles. The molecule has 1 amide bonds. The number of imidazole rings is 1. The van der Waals surface area contributed by atoms with Crippen molar-refractivity contribution in [1.29, 1.82) is 0 Å². The maximum absolute atomic E-state index is 12.5. The van der Waals surface area contributed by atoms with Crippen LogP contribution in [0.25, 0.3) is 22.5 Å². The highest BCUT2D eigenvalue weighted by Crippen LogP contribution is 2.23. The number of aryl methyl sites for hydroxylation is 2. The number of halogens is 1. The average Bonchev–Trinajstić information content (AvgIpc) is 3.43. The first-order valence-corrected chi connectivity index (χ1v) is 10.4. The van der Waals surface area contributed by atoms with Crippen LogP contribution in [0.2, 0.25) is 5.02 Å². The molecule has 9 nitrogen and oxygen atoms in total. The summed E-state index contributed by atoms with van der Waals surface area (Å²) in [4.78, 5) is 40.9. The molecule has 0 bridgehead atoms. The van der Waals surface area contributed by atoms with Gasteiger partial charge in [0, 0.05) is 37.6 Å². The monoisotopic (exact) mass is 455 g/mol. The molecule has 3 heterocycles. The second-order valence-corrected chi connectivity index (χ2v) is 7.91. The van der Waals surface area contributed by atoms with Gasteiger partial charge in [0.05, 0.1) is 12.9 Å². The molecule has 0 aliphatic carbocycles. The summed E-state index contributed by atoms with van der Waals surface area (Å²) >= 11 is 5.91. The molecule has 4 rings (SSSR count). The van der Waals surface area contributed by atoms with Crippen LogP contribution < -0.4 is 16.6 Å². The number of carbonyl (C=O) groups excluding carboxylic acids is 1. The van der Waals surface area contributed by atoms with Gasteiger partial charge in [0.15, 0.2) is 11.2 Å². The van der Waals surface area contributed by atoms with Gasteiger partial charge in [-0.3, -0.25) is 18.7 Å². The van der Waals surface area contributed by atoms with E-state index in [4.69, 9.17) is 16.0 Å². The summed E-state index contributed by atoms with van der Waals surface area (Å²) in [6.45, 7) is 0.710. The van der Waals surface area contributed by atoms with Gasteiger partial charge in [-0.1, -0.05) is 11.6 Å². The average molecular weight is 456 g/mol. The van der Waals surface area contributed by atoms with Gasteiger partial charge in [-0.15, -0.1) is 0 Å². The number of rotatable bonds is 7. The number of nitrogens with zero attached hydrogens (tertiary/aromatic N) is 4. The maximum Gasteiger partial charge on any atom is 0.332 e. The third-order valence-corrected chi connectivity index (χ3v) is 5.52. The van der Waals surface area contributed by atoms with Crippen molar-refractivity contribution in [3.8, 4) is 11.3 Å². The first kappa shape index (κ1) is 21.6. The van der Waals surface area contributed by atoms with Crippen molar-refractivity contribution in [3.63, 3.8) is 0 Å². The van der Waals surface area contributed by atoms with Crippen LogP contribution in [0.4, 0.5) is 0 Å². The third-order valence-electron chi connectivity index (χ3n) is 5.27. The van der Waals surface area contributed by atoms with E-state index >= 15 is 0 Å². The van der Waals surface area contributed by atoms with E-state index < -0.39 is 11.2 Å². The lowest BCUT2D eigenvalue weighted by Crippen LogP contribution is -2.37. The van der Waals surface area contributed by atoms with Gasteiger partial charge in [0.1, 0.15) is 11.5 Å². The normalized spacial score (nSPS) is 11.2. The lowest BCUT2D eigenvalue weighted by atomic mass is 10.2. The van der Waals surface area contributed by atoms with Gasteiger partial charge in [-0.25, -0.2) is 9.78 Å². The summed E-state index contributed by atoms with van der Waals surface area (Å²) < 4.78 is 9.84. The summed E-state index contributed by atoms with van der Waals surface area (Å²) in [7, 11) is 3.00. The number of nitrogens with one attached hydrogen (secondary N) is 1. The van der Waals surface area contributed by atoms with E-state index in [0.717, 1.165) is 10.1 Å². The molecule has 0 fully saturated rings. The second kappa shape index (κ2) is 8.88. The first-order valence-electron chi connectivity index (χ1n) is 10.1. The van der Waals surface area contributed by atoms with Gasteiger partial charge >= 0.3 is 5.69 Å². The van der Waals surface area contributed by atoms with E-state index in [1.165, 1.54) is 17.9 Å². The van der Waals surface area contributed by atoms with Crippen LogP contribution in [0.1, 0.15) is 18.6 Å². The van der Waals surface area contributed by atoms with Crippen molar-refractivity contribution in [1.82, 2.24) is 24.0 Å². The van der Waals surface area contributed by atoms with Crippen molar-refractivity contribution < 1.29 is 9.21 Å². The summed E-state index contributed by atoms with van der Waals surface area (Å²) in [6.07, 6.45) is 2.30. The highest BCUT2D eigenvalue weighted by atomic mass is 35.5. The fraction of sp³-hybridized carbons (Fsp3) is 0.273. The molecule has 166 valence electrons. The zero-order valence-corrected chi connectivity index (χ0v) is 18.4. The molecule has 0 aliphatic rings. The quantitative estimate of drug-likeness (QED) is 0.461. The minimum atomic E-state index is -0.427. The van der Waals surface area contributed by atoms with Gasteiger partial charge < -0.3 is 14.3 Å². The lowest BCUT2D eigenvalue weighted by molar-refractivity contribution is -0.121. The van der Waals surface area contributed by atoms with Gasteiger partial charge in [0.2, 0.25) is 5.91 Å². The predicted molar refractivity (Wildman–Crippen MR) is 120 cm³/mol. The SMILES string of the molecule is Cn1c(=O)c2c(ncn2CCCC(=O)NCc2ccc(-c3ccc(Cl)cc3)o2)n(C)c1=O. The Kier molecular flexibility index (Phi) is 6.00. The van der Waals surface area contributed by atoms with Crippen LogP contribution in [0.5, 0.6) is 0 Å². The fourth-order valence-electron chi connectivity index (χ4n) is 3.49. The molecule has 0 atom stereocenters. The number of aromatic nitrogens is 4. The molecular formula is C22H22ClN5O4. The molecule has 0 radical (unpaired) electrons. The molecule has 0 spiro atoms. The Morgan fingerprint density at radius 3 is 2.59 bits per heavy atom. The molecule has 0 saturated heterocycles. The zero-order chi connectivity index (χ0) is 22.8. The summed E-state index contributed by atoms with van der Waals surface area (Å²) in [5.74, 6) is 1.22. The minimum absolute atomic E-state index is 0.126. The Labute approximate surface area is 187 Å². The van der Waals surface area contributed by atoms with Crippen molar-refractivity contribution in [2.75, 3.05) is 0 Å². The molecule has 0 aliphatic heterocycles. The molecule has 4 aromatic rings. The topological polar surface area (TPSA) is 104 Å². The smallest absolute Gasteiger partial charge is 0.332 e. The zero-order valence-electron chi connectivity index (χ0n) is 17.7. The summed E-state index contributed by atoms with van der Waals surface area (Å²) in [6, 6.07) is 11.0. The van der Waals surface area contributed by atoms with Gasteiger partial charge in [0.25, 0.3) is 5.56 Å². The number of carbonyl (C=O) groups is 1. The number of fused-ring (bicyclic) bond motifs is 1. The molecule has 3 aromatic heterocycles. The van der Waals surface area contributed by atoms with Crippen LogP contribution in [0.15, 0.2) is 56.7 Å². The van der Waals surface area contributed by atoms with E-state index in [2.05, 4.69) is 10.3 Å². The predicted octanol–water partition coefficient (Wildman–Crippen LogP) is 2.44. The standard InChI is InChI=1S/C22H22ClN5O4/c1-26-20-19(21(30)27(2)22(26)31)28(13-25-20)11-3-4-18(29)24-12-16-9-10-17(32-16)14-5-7-15(23)8-6-14/h5-10,13H,3-4,11-12H2,1-2H3,(H,24,29). The minimum Gasteiger partial charge on any atom is -0.459 e. The van der Waals surface area contributed by atoms with E-state index in [0.29, 0.717) is 40.7 Å². The van der Waals surface area contributed by atoms with E-state index in [-0.39, 0.29) is 18.9 Å². The van der Waals surface area contributed by atoms with Crippen molar-refractivity contribution in [3.05, 3.63) is 74.3 Å². The van der Waals surface area contributed by atoms with Crippen LogP contribution >= 0.6 is 11.6 Å². The number of hydrogen-bond donors (Lipinski definition) is 1. The largest absolute Gasteiger partial charge is 0.459 e. The number of amides is 1. The maximum atomic E-state index is 12.5. The Balaban J connectivity index is 1.32. The third kappa shape index (κ3) is 4.24. The fourth-order valence-corrected chi connectivity index (χ4v) is 3.62. The van der Waals surface area contributed by atoms with Gasteiger partial charge in [-0.2, -0.15) is 0 Å². The molecular weight excluding hydrogens is 434 g/mol.